The summed E-state index contributed by atoms with van der Waals surface area (Å²) in [4.78, 5) is 34.9. The van der Waals surface area contributed by atoms with Gasteiger partial charge >= 0.3 is 6.09 Å². The highest BCUT2D eigenvalue weighted by Crippen LogP contribution is 2.10. The molecule has 0 aliphatic carbocycles. The minimum atomic E-state index is -0.675. The molecule has 21 heavy (non-hydrogen) atoms. The first-order chi connectivity index (χ1) is 10.1. The molecular formula is C14H13ClN2O4. The Morgan fingerprint density at radius 1 is 1.33 bits per heavy atom. The molecule has 1 saturated heterocycles. The van der Waals surface area contributed by atoms with Crippen LogP contribution < -0.4 is 5.32 Å². The van der Waals surface area contributed by atoms with Gasteiger partial charge in [0.1, 0.15) is 0 Å². The summed E-state index contributed by atoms with van der Waals surface area (Å²) in [6.07, 6.45) is 2.33. The Morgan fingerprint density at radius 2 is 2.05 bits per heavy atom. The van der Waals surface area contributed by atoms with Gasteiger partial charge in [0.15, 0.2) is 6.61 Å². The zero-order valence-electron chi connectivity index (χ0n) is 11.0. The van der Waals surface area contributed by atoms with E-state index >= 15 is 0 Å². The summed E-state index contributed by atoms with van der Waals surface area (Å²) in [7, 11) is 0. The van der Waals surface area contributed by atoms with Crippen molar-refractivity contribution >= 4 is 35.6 Å². The number of carbonyl (C=O) groups excluding carboxylic acids is 3. The Hall–Kier alpha value is -2.34. The Morgan fingerprint density at radius 3 is 2.67 bits per heavy atom. The molecule has 0 aromatic heterocycles. The first-order valence-corrected chi connectivity index (χ1v) is 6.62. The van der Waals surface area contributed by atoms with Gasteiger partial charge in [-0.25, -0.2) is 9.69 Å². The second-order valence-corrected chi connectivity index (χ2v) is 4.71. The zero-order valence-corrected chi connectivity index (χ0v) is 11.8. The SMILES string of the molecule is O=C(/C=C/c1ccc(Cl)cc1)NCCN1C(=O)COC1=O. The number of halogens is 1. The van der Waals surface area contributed by atoms with E-state index in [2.05, 4.69) is 10.1 Å². The average Bonchev–Trinajstić information content (AvgIpc) is 2.78. The number of imide groups is 1. The Kier molecular flexibility index (Phi) is 4.94. The topological polar surface area (TPSA) is 75.7 Å². The lowest BCUT2D eigenvalue weighted by Crippen LogP contribution is -2.37. The van der Waals surface area contributed by atoms with E-state index < -0.39 is 12.0 Å². The van der Waals surface area contributed by atoms with E-state index in [1.54, 1.807) is 30.3 Å². The molecule has 1 aromatic rings. The average molecular weight is 309 g/mol. The van der Waals surface area contributed by atoms with Crippen LogP contribution in [0.5, 0.6) is 0 Å². The molecule has 0 spiro atoms. The maximum Gasteiger partial charge on any atom is 0.417 e. The van der Waals surface area contributed by atoms with Crippen molar-refractivity contribution in [3.05, 3.63) is 40.9 Å². The molecule has 2 rings (SSSR count). The molecule has 0 saturated carbocycles. The Balaban J connectivity index is 1.76. The summed E-state index contributed by atoms with van der Waals surface area (Å²) >= 11 is 5.76. The predicted molar refractivity (Wildman–Crippen MR) is 76.6 cm³/mol. The largest absolute Gasteiger partial charge is 0.439 e. The fraction of sp³-hybridized carbons (Fsp3) is 0.214. The third-order valence-electron chi connectivity index (χ3n) is 2.77. The van der Waals surface area contributed by atoms with Crippen molar-refractivity contribution in [2.24, 2.45) is 0 Å². The van der Waals surface area contributed by atoms with Gasteiger partial charge in [-0.1, -0.05) is 23.7 Å². The molecule has 0 bridgehead atoms. The maximum atomic E-state index is 11.6. The van der Waals surface area contributed by atoms with Crippen molar-refractivity contribution in [3.63, 3.8) is 0 Å². The van der Waals surface area contributed by atoms with Crippen molar-refractivity contribution in [1.29, 1.82) is 0 Å². The summed E-state index contributed by atoms with van der Waals surface area (Å²) in [5.41, 5.74) is 0.841. The lowest BCUT2D eigenvalue weighted by Gasteiger charge is -2.10. The van der Waals surface area contributed by atoms with Crippen LogP contribution in [-0.2, 0) is 14.3 Å². The number of hydrogen-bond acceptors (Lipinski definition) is 4. The van der Waals surface area contributed by atoms with Crippen molar-refractivity contribution in [2.45, 2.75) is 0 Å². The highest BCUT2D eigenvalue weighted by atomic mass is 35.5. The van der Waals surface area contributed by atoms with Crippen molar-refractivity contribution in [3.8, 4) is 0 Å². The molecule has 0 radical (unpaired) electrons. The van der Waals surface area contributed by atoms with Crippen LogP contribution in [0.15, 0.2) is 30.3 Å². The van der Waals surface area contributed by atoms with E-state index in [9.17, 15) is 14.4 Å². The van der Waals surface area contributed by atoms with Crippen LogP contribution in [-0.4, -0.2) is 42.5 Å². The van der Waals surface area contributed by atoms with Gasteiger partial charge in [0.2, 0.25) is 5.91 Å². The van der Waals surface area contributed by atoms with Gasteiger partial charge in [-0.2, -0.15) is 0 Å². The summed E-state index contributed by atoms with van der Waals surface area (Å²) < 4.78 is 4.55. The van der Waals surface area contributed by atoms with Crippen LogP contribution >= 0.6 is 11.6 Å². The number of rotatable bonds is 5. The van der Waals surface area contributed by atoms with Crippen molar-refractivity contribution in [2.75, 3.05) is 19.7 Å². The number of carbonyl (C=O) groups is 3. The second kappa shape index (κ2) is 6.90. The molecule has 0 unspecified atom stereocenters. The quantitative estimate of drug-likeness (QED) is 0.835. The van der Waals surface area contributed by atoms with E-state index in [4.69, 9.17) is 11.6 Å². The first kappa shape index (κ1) is 15.1. The normalized spacial score (nSPS) is 14.6. The number of ether oxygens (including phenoxy) is 1. The van der Waals surface area contributed by atoms with Gasteiger partial charge in [-0.15, -0.1) is 0 Å². The molecule has 7 heteroatoms. The second-order valence-electron chi connectivity index (χ2n) is 4.28. The van der Waals surface area contributed by atoms with Gasteiger partial charge in [-0.3, -0.25) is 9.59 Å². The van der Waals surface area contributed by atoms with E-state index in [0.29, 0.717) is 5.02 Å². The van der Waals surface area contributed by atoms with E-state index in [1.165, 1.54) is 6.08 Å². The fourth-order valence-electron chi connectivity index (χ4n) is 1.69. The predicted octanol–water partition coefficient (Wildman–Crippen LogP) is 1.45. The van der Waals surface area contributed by atoms with Crippen molar-refractivity contribution < 1.29 is 19.1 Å². The molecule has 6 nitrogen and oxygen atoms in total. The van der Waals surface area contributed by atoms with Crippen LogP contribution in [0.2, 0.25) is 5.02 Å². The molecule has 1 aliphatic rings. The van der Waals surface area contributed by atoms with E-state index in [-0.39, 0.29) is 25.6 Å². The Bertz CT molecular complexity index is 567. The monoisotopic (exact) mass is 308 g/mol. The molecular weight excluding hydrogens is 296 g/mol. The summed E-state index contributed by atoms with van der Waals surface area (Å²) in [5.74, 6) is -0.712. The number of amides is 3. The molecule has 1 heterocycles. The van der Waals surface area contributed by atoms with Gasteiger partial charge in [0, 0.05) is 24.2 Å². The van der Waals surface area contributed by atoms with E-state index in [1.807, 2.05) is 0 Å². The van der Waals surface area contributed by atoms with Gasteiger partial charge in [-0.05, 0) is 23.8 Å². The van der Waals surface area contributed by atoms with Crippen LogP contribution in [0.25, 0.3) is 6.08 Å². The standard InChI is InChI=1S/C14H13ClN2O4/c15-11-4-1-10(2-5-11)3-6-12(18)16-7-8-17-13(19)9-21-14(17)20/h1-6H,7-9H2,(H,16,18)/b6-3+. The smallest absolute Gasteiger partial charge is 0.417 e. The van der Waals surface area contributed by atoms with E-state index in [0.717, 1.165) is 10.5 Å². The molecule has 1 fully saturated rings. The van der Waals surface area contributed by atoms with Crippen LogP contribution in [0, 0.1) is 0 Å². The van der Waals surface area contributed by atoms with Crippen LogP contribution in [0.4, 0.5) is 4.79 Å². The highest BCUT2D eigenvalue weighted by Gasteiger charge is 2.30. The van der Waals surface area contributed by atoms with Gasteiger partial charge in [0.25, 0.3) is 5.91 Å². The minimum Gasteiger partial charge on any atom is -0.439 e. The number of hydrogen-bond donors (Lipinski definition) is 1. The third kappa shape index (κ3) is 4.32. The van der Waals surface area contributed by atoms with Crippen LogP contribution in [0.1, 0.15) is 5.56 Å². The van der Waals surface area contributed by atoms with Gasteiger partial charge in [0.05, 0.1) is 0 Å². The summed E-state index contributed by atoms with van der Waals surface area (Å²) in [5, 5.41) is 3.20. The van der Waals surface area contributed by atoms with Crippen molar-refractivity contribution in [1.82, 2.24) is 10.2 Å². The molecule has 1 N–H and O–H groups in total. The maximum absolute atomic E-state index is 11.6. The minimum absolute atomic E-state index is 0.0954. The Labute approximate surface area is 126 Å². The summed E-state index contributed by atoms with van der Waals surface area (Å²) in [6.45, 7) is 0.0338. The molecule has 1 aromatic carbocycles. The molecule has 1 aliphatic heterocycles. The van der Waals surface area contributed by atoms with Crippen LogP contribution in [0.3, 0.4) is 0 Å². The zero-order chi connectivity index (χ0) is 15.2. The number of nitrogens with zero attached hydrogens (tertiary/aromatic N) is 1. The third-order valence-corrected chi connectivity index (χ3v) is 3.02. The lowest BCUT2D eigenvalue weighted by atomic mass is 10.2. The molecule has 110 valence electrons. The number of benzene rings is 1. The molecule has 0 atom stereocenters. The fourth-order valence-corrected chi connectivity index (χ4v) is 1.82. The lowest BCUT2D eigenvalue weighted by molar-refractivity contribution is -0.126. The summed E-state index contributed by atoms with van der Waals surface area (Å²) in [6, 6.07) is 7.02. The highest BCUT2D eigenvalue weighted by molar-refractivity contribution is 6.30. The van der Waals surface area contributed by atoms with Gasteiger partial charge < -0.3 is 10.1 Å². The number of cyclic esters (lactones) is 1. The number of nitrogens with one attached hydrogen (secondary N) is 1. The first-order valence-electron chi connectivity index (χ1n) is 6.25. The molecule has 3 amide bonds.